The Morgan fingerprint density at radius 2 is 1.81 bits per heavy atom. The first kappa shape index (κ1) is 19.5. The molecule has 2 aromatic rings. The van der Waals surface area contributed by atoms with E-state index in [2.05, 4.69) is 10.6 Å². The second-order valence-corrected chi connectivity index (χ2v) is 5.78. The van der Waals surface area contributed by atoms with Gasteiger partial charge in [-0.3, -0.25) is 4.79 Å². The molecule has 2 rings (SSSR count). The van der Waals surface area contributed by atoms with Crippen molar-refractivity contribution in [2.45, 2.75) is 26.3 Å². The van der Waals surface area contributed by atoms with Crippen molar-refractivity contribution in [3.05, 3.63) is 59.7 Å². The van der Waals surface area contributed by atoms with Gasteiger partial charge in [-0.25, -0.2) is 4.79 Å². The summed E-state index contributed by atoms with van der Waals surface area (Å²) in [6.07, 6.45) is 0.138. The average molecular weight is 355 g/mol. The lowest BCUT2D eigenvalue weighted by Gasteiger charge is -2.16. The van der Waals surface area contributed by atoms with Crippen molar-refractivity contribution >= 4 is 23.3 Å². The molecule has 1 atom stereocenters. The van der Waals surface area contributed by atoms with Gasteiger partial charge in [0.05, 0.1) is 23.5 Å². The number of nitrogens with two attached hydrogens (primary N) is 1. The Balaban J connectivity index is 2.13. The van der Waals surface area contributed by atoms with Crippen molar-refractivity contribution in [2.24, 2.45) is 5.73 Å². The van der Waals surface area contributed by atoms with Crippen molar-refractivity contribution in [3.63, 3.8) is 0 Å². The molecule has 0 saturated heterocycles. The van der Waals surface area contributed by atoms with E-state index in [1.165, 1.54) is 0 Å². The van der Waals surface area contributed by atoms with Crippen LogP contribution in [0.4, 0.5) is 11.4 Å². The van der Waals surface area contributed by atoms with Crippen LogP contribution in [0, 0.1) is 0 Å². The van der Waals surface area contributed by atoms with E-state index >= 15 is 0 Å². The summed E-state index contributed by atoms with van der Waals surface area (Å²) in [4.78, 5) is 24.4. The fraction of sp³-hybridized carbons (Fsp3) is 0.300. The van der Waals surface area contributed by atoms with Crippen LogP contribution >= 0.6 is 0 Å². The number of carbonyl (C=O) groups excluding carboxylic acids is 2. The number of rotatable bonds is 8. The van der Waals surface area contributed by atoms with Crippen LogP contribution in [0.25, 0.3) is 0 Å². The topological polar surface area (TPSA) is 93.5 Å². The zero-order valence-corrected chi connectivity index (χ0v) is 15.1. The van der Waals surface area contributed by atoms with Gasteiger partial charge in [-0.1, -0.05) is 30.3 Å². The van der Waals surface area contributed by atoms with Gasteiger partial charge >= 0.3 is 5.97 Å². The van der Waals surface area contributed by atoms with Crippen molar-refractivity contribution in [2.75, 3.05) is 23.8 Å². The van der Waals surface area contributed by atoms with Gasteiger partial charge in [0.15, 0.2) is 0 Å². The minimum absolute atomic E-state index is 0.138. The summed E-state index contributed by atoms with van der Waals surface area (Å²) in [7, 11) is 0. The first-order chi connectivity index (χ1) is 12.5. The van der Waals surface area contributed by atoms with E-state index in [4.69, 9.17) is 10.5 Å². The third kappa shape index (κ3) is 5.32. The predicted molar refractivity (Wildman–Crippen MR) is 103 cm³/mol. The number of hydrogen-bond donors (Lipinski definition) is 3. The standard InChI is InChI=1S/C20H25N3O3/c1-3-22-17-11-10-15(20(25)26-4-2)12-18(17)23-19(24)13-16(21)14-8-6-5-7-9-14/h5-12,16,22H,3-4,13,21H2,1-2H3,(H,23,24). The third-order valence-electron chi connectivity index (χ3n) is 3.81. The Bertz CT molecular complexity index is 747. The highest BCUT2D eigenvalue weighted by molar-refractivity contribution is 5.98. The highest BCUT2D eigenvalue weighted by Gasteiger charge is 2.15. The number of esters is 1. The van der Waals surface area contributed by atoms with Gasteiger partial charge in [-0.15, -0.1) is 0 Å². The number of nitrogens with one attached hydrogen (secondary N) is 2. The molecule has 26 heavy (non-hydrogen) atoms. The molecule has 4 N–H and O–H groups in total. The monoisotopic (exact) mass is 355 g/mol. The summed E-state index contributed by atoms with van der Waals surface area (Å²) in [5.41, 5.74) is 8.67. The van der Waals surface area contributed by atoms with Crippen LogP contribution in [0.3, 0.4) is 0 Å². The van der Waals surface area contributed by atoms with Crippen LogP contribution in [0.1, 0.15) is 42.2 Å². The third-order valence-corrected chi connectivity index (χ3v) is 3.81. The number of hydrogen-bond acceptors (Lipinski definition) is 5. The fourth-order valence-corrected chi connectivity index (χ4v) is 2.55. The Labute approximate surface area is 153 Å². The molecule has 138 valence electrons. The highest BCUT2D eigenvalue weighted by atomic mass is 16.5. The number of anilines is 2. The van der Waals surface area contributed by atoms with E-state index in [-0.39, 0.29) is 12.3 Å². The van der Waals surface area contributed by atoms with Crippen LogP contribution in [0.5, 0.6) is 0 Å². The maximum atomic E-state index is 12.4. The average Bonchev–Trinajstić information content (AvgIpc) is 2.64. The SMILES string of the molecule is CCNc1ccc(C(=O)OCC)cc1NC(=O)CC(N)c1ccccc1. The Hall–Kier alpha value is -2.86. The minimum Gasteiger partial charge on any atom is -0.462 e. The Kier molecular flexibility index (Phi) is 7.17. The van der Waals surface area contributed by atoms with E-state index in [0.29, 0.717) is 24.4 Å². The van der Waals surface area contributed by atoms with E-state index in [0.717, 1.165) is 11.3 Å². The van der Waals surface area contributed by atoms with Gasteiger partial charge < -0.3 is 21.1 Å². The number of benzene rings is 2. The van der Waals surface area contributed by atoms with Gasteiger partial charge in [0.2, 0.25) is 5.91 Å². The van der Waals surface area contributed by atoms with Crippen molar-refractivity contribution in [3.8, 4) is 0 Å². The summed E-state index contributed by atoms with van der Waals surface area (Å²) < 4.78 is 5.02. The maximum Gasteiger partial charge on any atom is 0.338 e. The molecule has 6 nitrogen and oxygen atoms in total. The quantitative estimate of drug-likeness (QED) is 0.632. The van der Waals surface area contributed by atoms with Crippen molar-refractivity contribution in [1.29, 1.82) is 0 Å². The Morgan fingerprint density at radius 3 is 2.46 bits per heavy atom. The van der Waals surface area contributed by atoms with Crippen LogP contribution in [0.15, 0.2) is 48.5 Å². The summed E-state index contributed by atoms with van der Waals surface area (Å²) in [5, 5.41) is 6.01. The molecular weight excluding hydrogens is 330 g/mol. The molecule has 0 aromatic heterocycles. The van der Waals surface area contributed by atoms with E-state index in [9.17, 15) is 9.59 Å². The van der Waals surface area contributed by atoms with Gasteiger partial charge in [0, 0.05) is 19.0 Å². The van der Waals surface area contributed by atoms with Crippen LogP contribution < -0.4 is 16.4 Å². The highest BCUT2D eigenvalue weighted by Crippen LogP contribution is 2.25. The molecule has 2 aromatic carbocycles. The maximum absolute atomic E-state index is 12.4. The number of carbonyl (C=O) groups is 2. The number of ether oxygens (including phenoxy) is 1. The van der Waals surface area contributed by atoms with E-state index < -0.39 is 12.0 Å². The second kappa shape index (κ2) is 9.58. The fourth-order valence-electron chi connectivity index (χ4n) is 2.55. The van der Waals surface area contributed by atoms with E-state index in [1.54, 1.807) is 25.1 Å². The van der Waals surface area contributed by atoms with E-state index in [1.807, 2.05) is 37.3 Å². The molecule has 0 radical (unpaired) electrons. The first-order valence-corrected chi connectivity index (χ1v) is 8.70. The van der Waals surface area contributed by atoms with Crippen molar-refractivity contribution < 1.29 is 14.3 Å². The molecule has 0 aliphatic heterocycles. The predicted octanol–water partition coefficient (Wildman–Crippen LogP) is 3.32. The first-order valence-electron chi connectivity index (χ1n) is 8.70. The van der Waals surface area contributed by atoms with Crippen LogP contribution in [-0.2, 0) is 9.53 Å². The van der Waals surface area contributed by atoms with Gasteiger partial charge in [-0.05, 0) is 37.6 Å². The molecule has 6 heteroatoms. The molecule has 1 unspecified atom stereocenters. The smallest absolute Gasteiger partial charge is 0.338 e. The molecule has 0 aliphatic carbocycles. The van der Waals surface area contributed by atoms with Gasteiger partial charge in [0.1, 0.15) is 0 Å². The molecule has 0 bridgehead atoms. The molecule has 0 aliphatic rings. The molecule has 0 spiro atoms. The normalized spacial score (nSPS) is 11.5. The summed E-state index contributed by atoms with van der Waals surface area (Å²) in [6.45, 7) is 4.68. The molecule has 0 heterocycles. The lowest BCUT2D eigenvalue weighted by atomic mass is 10.0. The van der Waals surface area contributed by atoms with Crippen molar-refractivity contribution in [1.82, 2.24) is 0 Å². The second-order valence-electron chi connectivity index (χ2n) is 5.78. The molecule has 0 saturated carbocycles. The largest absolute Gasteiger partial charge is 0.462 e. The van der Waals surface area contributed by atoms with Crippen LogP contribution in [0.2, 0.25) is 0 Å². The lowest BCUT2D eigenvalue weighted by Crippen LogP contribution is -2.21. The minimum atomic E-state index is -0.424. The lowest BCUT2D eigenvalue weighted by molar-refractivity contribution is -0.116. The van der Waals surface area contributed by atoms with Gasteiger partial charge in [-0.2, -0.15) is 0 Å². The van der Waals surface area contributed by atoms with Gasteiger partial charge in [0.25, 0.3) is 0 Å². The summed E-state index contributed by atoms with van der Waals surface area (Å²) >= 11 is 0. The zero-order valence-electron chi connectivity index (χ0n) is 15.1. The zero-order chi connectivity index (χ0) is 18.9. The molecule has 1 amide bonds. The summed E-state index contributed by atoms with van der Waals surface area (Å²) in [6, 6.07) is 14.1. The molecule has 0 fully saturated rings. The summed E-state index contributed by atoms with van der Waals surface area (Å²) in [5.74, 6) is -0.645. The Morgan fingerprint density at radius 1 is 1.08 bits per heavy atom. The molecular formula is C20H25N3O3. The van der Waals surface area contributed by atoms with Crippen LogP contribution in [-0.4, -0.2) is 25.0 Å². The number of amides is 1.